The fourth-order valence-electron chi connectivity index (χ4n) is 3.16. The van der Waals surface area contributed by atoms with Gasteiger partial charge >= 0.3 is 5.97 Å². The zero-order valence-corrected chi connectivity index (χ0v) is 11.7. The molecule has 1 aromatic rings. The molecule has 0 aromatic heterocycles. The number of rotatable bonds is 4. The number of carbonyl (C=O) groups is 1. The number of carboxylic acids is 1. The lowest BCUT2D eigenvalue weighted by atomic mass is 9.76. The summed E-state index contributed by atoms with van der Waals surface area (Å²) in [5.74, 6) is 0.412. The Bertz CT molecular complexity index is 418. The number of nitrogens with one attached hydrogen (secondary N) is 1. The molecule has 1 fully saturated rings. The number of hydrogen-bond donors (Lipinski definition) is 2. The fraction of sp³-hybridized carbons (Fsp3) is 0.562. The Morgan fingerprint density at radius 1 is 1.26 bits per heavy atom. The van der Waals surface area contributed by atoms with Crippen molar-refractivity contribution in [2.45, 2.75) is 51.1 Å². The molecule has 3 unspecified atom stereocenters. The second kappa shape index (κ2) is 6.20. The summed E-state index contributed by atoms with van der Waals surface area (Å²) in [6, 6.07) is 10.4. The van der Waals surface area contributed by atoms with Crippen LogP contribution in [0.15, 0.2) is 30.3 Å². The van der Waals surface area contributed by atoms with Crippen molar-refractivity contribution in [3.63, 3.8) is 0 Å². The number of aliphatic carboxylic acids is 1. The first kappa shape index (κ1) is 14.1. The monoisotopic (exact) mass is 261 g/mol. The first-order chi connectivity index (χ1) is 9.06. The zero-order chi connectivity index (χ0) is 13.8. The van der Waals surface area contributed by atoms with Crippen molar-refractivity contribution in [1.82, 2.24) is 5.32 Å². The zero-order valence-electron chi connectivity index (χ0n) is 11.7. The van der Waals surface area contributed by atoms with Crippen molar-refractivity contribution >= 4 is 5.97 Å². The molecule has 4 atom stereocenters. The summed E-state index contributed by atoms with van der Waals surface area (Å²) in [5, 5.41) is 12.2. The molecule has 0 spiro atoms. The first-order valence-corrected chi connectivity index (χ1v) is 7.10. The van der Waals surface area contributed by atoms with Crippen molar-refractivity contribution in [2.24, 2.45) is 5.92 Å². The van der Waals surface area contributed by atoms with Crippen LogP contribution in [-0.4, -0.2) is 23.2 Å². The van der Waals surface area contributed by atoms with E-state index in [9.17, 15) is 4.79 Å². The van der Waals surface area contributed by atoms with Crippen LogP contribution >= 0.6 is 0 Å². The summed E-state index contributed by atoms with van der Waals surface area (Å²) in [5.41, 5.74) is 1.38. The maximum Gasteiger partial charge on any atom is 0.320 e. The molecule has 3 heteroatoms. The molecule has 0 amide bonds. The summed E-state index contributed by atoms with van der Waals surface area (Å²) < 4.78 is 0. The van der Waals surface area contributed by atoms with Gasteiger partial charge in [-0.25, -0.2) is 0 Å². The third kappa shape index (κ3) is 3.80. The van der Waals surface area contributed by atoms with Gasteiger partial charge in [0.2, 0.25) is 0 Å². The van der Waals surface area contributed by atoms with Gasteiger partial charge in [-0.15, -0.1) is 0 Å². The maximum atomic E-state index is 10.9. The van der Waals surface area contributed by atoms with Gasteiger partial charge in [0.25, 0.3) is 0 Å². The predicted octanol–water partition coefficient (Wildman–Crippen LogP) is 3.02. The van der Waals surface area contributed by atoms with Crippen LogP contribution < -0.4 is 5.32 Å². The SMILES string of the molecule is CC1CC(N[C@H](C)C(=O)O)CC(c2ccccc2)C1. The highest BCUT2D eigenvalue weighted by Crippen LogP contribution is 2.36. The summed E-state index contributed by atoms with van der Waals surface area (Å²) in [7, 11) is 0. The molecule has 0 radical (unpaired) electrons. The van der Waals surface area contributed by atoms with Gasteiger partial charge in [-0.2, -0.15) is 0 Å². The maximum absolute atomic E-state index is 10.9. The molecule has 19 heavy (non-hydrogen) atoms. The number of benzene rings is 1. The van der Waals surface area contributed by atoms with Crippen LogP contribution in [0.3, 0.4) is 0 Å². The predicted molar refractivity (Wildman–Crippen MR) is 76.2 cm³/mol. The second-order valence-corrected chi connectivity index (χ2v) is 5.84. The molecular formula is C16H23NO2. The highest BCUT2D eigenvalue weighted by atomic mass is 16.4. The van der Waals surface area contributed by atoms with E-state index in [2.05, 4.69) is 36.5 Å². The Morgan fingerprint density at radius 3 is 2.58 bits per heavy atom. The minimum atomic E-state index is -0.769. The van der Waals surface area contributed by atoms with Gasteiger partial charge in [-0.3, -0.25) is 4.79 Å². The van der Waals surface area contributed by atoms with Gasteiger partial charge in [-0.05, 0) is 43.6 Å². The molecule has 0 heterocycles. The van der Waals surface area contributed by atoms with E-state index in [1.54, 1.807) is 6.92 Å². The van der Waals surface area contributed by atoms with Crippen LogP contribution in [0.2, 0.25) is 0 Å². The quantitative estimate of drug-likeness (QED) is 0.876. The third-order valence-electron chi connectivity index (χ3n) is 4.07. The van der Waals surface area contributed by atoms with E-state index in [1.165, 1.54) is 12.0 Å². The average molecular weight is 261 g/mol. The third-order valence-corrected chi connectivity index (χ3v) is 4.07. The standard InChI is InChI=1S/C16H23NO2/c1-11-8-14(13-6-4-3-5-7-13)10-15(9-11)17-12(2)16(18)19/h3-7,11-12,14-15,17H,8-10H2,1-2H3,(H,18,19)/t11?,12-,14?,15?/m1/s1. The Labute approximate surface area is 115 Å². The Hall–Kier alpha value is -1.35. The Morgan fingerprint density at radius 2 is 1.95 bits per heavy atom. The molecule has 2 N–H and O–H groups in total. The average Bonchev–Trinajstić information content (AvgIpc) is 2.39. The molecular weight excluding hydrogens is 238 g/mol. The van der Waals surface area contributed by atoms with Crippen LogP contribution in [0.25, 0.3) is 0 Å². The van der Waals surface area contributed by atoms with Crippen LogP contribution in [0.5, 0.6) is 0 Å². The normalized spacial score (nSPS) is 28.8. The molecule has 104 valence electrons. The van der Waals surface area contributed by atoms with Gasteiger partial charge in [-0.1, -0.05) is 37.3 Å². The second-order valence-electron chi connectivity index (χ2n) is 5.84. The van der Waals surface area contributed by atoms with Gasteiger partial charge in [0.05, 0.1) is 0 Å². The molecule has 0 aliphatic heterocycles. The Balaban J connectivity index is 2.02. The van der Waals surface area contributed by atoms with E-state index < -0.39 is 12.0 Å². The van der Waals surface area contributed by atoms with E-state index in [0.717, 1.165) is 12.8 Å². The molecule has 1 aliphatic carbocycles. The smallest absolute Gasteiger partial charge is 0.320 e. The molecule has 2 rings (SSSR count). The van der Waals surface area contributed by atoms with Crippen LogP contribution in [0, 0.1) is 5.92 Å². The largest absolute Gasteiger partial charge is 0.480 e. The van der Waals surface area contributed by atoms with E-state index in [4.69, 9.17) is 5.11 Å². The van der Waals surface area contributed by atoms with E-state index in [1.807, 2.05) is 6.07 Å². The van der Waals surface area contributed by atoms with E-state index >= 15 is 0 Å². The molecule has 1 aromatic carbocycles. The number of carboxylic acid groups (broad SMARTS) is 1. The van der Waals surface area contributed by atoms with E-state index in [0.29, 0.717) is 17.9 Å². The van der Waals surface area contributed by atoms with Gasteiger partial charge in [0.15, 0.2) is 0 Å². The summed E-state index contributed by atoms with van der Waals surface area (Å²) >= 11 is 0. The van der Waals surface area contributed by atoms with Crippen molar-refractivity contribution in [3.05, 3.63) is 35.9 Å². The topological polar surface area (TPSA) is 49.3 Å². The van der Waals surface area contributed by atoms with Crippen molar-refractivity contribution in [2.75, 3.05) is 0 Å². The van der Waals surface area contributed by atoms with Gasteiger partial charge < -0.3 is 10.4 Å². The van der Waals surface area contributed by atoms with Gasteiger partial charge in [0.1, 0.15) is 6.04 Å². The van der Waals surface area contributed by atoms with Crippen molar-refractivity contribution < 1.29 is 9.90 Å². The highest BCUT2D eigenvalue weighted by Gasteiger charge is 2.29. The van der Waals surface area contributed by atoms with Crippen LogP contribution in [0.1, 0.15) is 44.6 Å². The summed E-state index contributed by atoms with van der Waals surface area (Å²) in [4.78, 5) is 10.9. The highest BCUT2D eigenvalue weighted by molar-refractivity contribution is 5.72. The first-order valence-electron chi connectivity index (χ1n) is 7.10. The minimum Gasteiger partial charge on any atom is -0.480 e. The van der Waals surface area contributed by atoms with E-state index in [-0.39, 0.29) is 0 Å². The molecule has 3 nitrogen and oxygen atoms in total. The number of hydrogen-bond acceptors (Lipinski definition) is 2. The molecule has 1 saturated carbocycles. The van der Waals surface area contributed by atoms with Gasteiger partial charge in [0, 0.05) is 6.04 Å². The Kier molecular flexibility index (Phi) is 4.59. The lowest BCUT2D eigenvalue weighted by Crippen LogP contribution is -2.44. The van der Waals surface area contributed by atoms with Crippen molar-refractivity contribution in [1.29, 1.82) is 0 Å². The van der Waals surface area contributed by atoms with Crippen LogP contribution in [0.4, 0.5) is 0 Å². The molecule has 1 aliphatic rings. The lowest BCUT2D eigenvalue weighted by molar-refractivity contribution is -0.139. The minimum absolute atomic E-state index is 0.306. The summed E-state index contributed by atoms with van der Waals surface area (Å²) in [6.07, 6.45) is 3.30. The molecule has 0 bridgehead atoms. The molecule has 0 saturated heterocycles. The summed E-state index contributed by atoms with van der Waals surface area (Å²) in [6.45, 7) is 3.98. The fourth-order valence-corrected chi connectivity index (χ4v) is 3.16. The lowest BCUT2D eigenvalue weighted by Gasteiger charge is -2.35. The van der Waals surface area contributed by atoms with Crippen molar-refractivity contribution in [3.8, 4) is 0 Å². The van der Waals surface area contributed by atoms with Crippen LogP contribution in [-0.2, 0) is 4.79 Å².